The van der Waals surface area contributed by atoms with Crippen LogP contribution in [0.2, 0.25) is 0 Å². The minimum absolute atomic E-state index is 0.476. The van der Waals surface area contributed by atoms with Gasteiger partial charge in [-0.1, -0.05) is 31.2 Å². The van der Waals surface area contributed by atoms with Gasteiger partial charge < -0.3 is 5.32 Å². The quantitative estimate of drug-likeness (QED) is 0.830. The van der Waals surface area contributed by atoms with E-state index in [-0.39, 0.29) is 0 Å². The fourth-order valence-electron chi connectivity index (χ4n) is 3.36. The van der Waals surface area contributed by atoms with Crippen molar-refractivity contribution in [3.05, 3.63) is 57.3 Å². The van der Waals surface area contributed by atoms with Crippen molar-refractivity contribution in [2.24, 2.45) is 0 Å². The minimum atomic E-state index is 0.476. The Morgan fingerprint density at radius 2 is 2.20 bits per heavy atom. The standard InChI is InChI=1S/C18H23NS/c1-3-10-19-18(15-11-13(2)20-12-15)17-9-8-14-6-4-5-7-16(14)17/h4-7,11-12,17-19H,3,8-10H2,1-2H3. The van der Waals surface area contributed by atoms with Gasteiger partial charge in [0, 0.05) is 16.8 Å². The number of rotatable bonds is 5. The van der Waals surface area contributed by atoms with Crippen LogP contribution in [0.15, 0.2) is 35.7 Å². The summed E-state index contributed by atoms with van der Waals surface area (Å²) in [7, 11) is 0. The van der Waals surface area contributed by atoms with Gasteiger partial charge in [-0.15, -0.1) is 11.3 Å². The maximum absolute atomic E-state index is 3.79. The van der Waals surface area contributed by atoms with Crippen LogP contribution in [-0.2, 0) is 6.42 Å². The molecule has 0 saturated heterocycles. The Hall–Kier alpha value is -1.12. The van der Waals surface area contributed by atoms with Crippen molar-refractivity contribution in [2.75, 3.05) is 6.54 Å². The van der Waals surface area contributed by atoms with Gasteiger partial charge in [-0.2, -0.15) is 0 Å². The van der Waals surface area contributed by atoms with Crippen LogP contribution in [0, 0.1) is 6.92 Å². The van der Waals surface area contributed by atoms with Crippen molar-refractivity contribution in [1.29, 1.82) is 0 Å². The SMILES string of the molecule is CCCNC(c1csc(C)c1)C1CCc2ccccc21. The number of hydrogen-bond donors (Lipinski definition) is 1. The summed E-state index contributed by atoms with van der Waals surface area (Å²) in [6.07, 6.45) is 3.69. The Morgan fingerprint density at radius 3 is 2.95 bits per heavy atom. The molecule has 1 aromatic heterocycles. The van der Waals surface area contributed by atoms with Gasteiger partial charge in [-0.3, -0.25) is 0 Å². The summed E-state index contributed by atoms with van der Waals surface area (Å²) in [5.41, 5.74) is 4.58. The number of hydrogen-bond acceptors (Lipinski definition) is 2. The molecule has 3 rings (SSSR count). The van der Waals surface area contributed by atoms with Crippen LogP contribution in [0.3, 0.4) is 0 Å². The molecule has 0 amide bonds. The Kier molecular flexibility index (Phi) is 4.23. The van der Waals surface area contributed by atoms with E-state index in [2.05, 4.69) is 54.9 Å². The molecule has 0 radical (unpaired) electrons. The van der Waals surface area contributed by atoms with Gasteiger partial charge in [-0.05, 0) is 60.9 Å². The second kappa shape index (κ2) is 6.11. The molecule has 0 aliphatic heterocycles. The van der Waals surface area contributed by atoms with Crippen molar-refractivity contribution in [2.45, 2.75) is 45.1 Å². The first-order chi connectivity index (χ1) is 9.79. The molecule has 0 fully saturated rings. The fraction of sp³-hybridized carbons (Fsp3) is 0.444. The zero-order valence-electron chi connectivity index (χ0n) is 12.4. The molecule has 1 aliphatic rings. The molecule has 0 spiro atoms. The molecular weight excluding hydrogens is 262 g/mol. The Morgan fingerprint density at radius 1 is 1.35 bits per heavy atom. The molecule has 1 nitrogen and oxygen atoms in total. The monoisotopic (exact) mass is 285 g/mol. The smallest absolute Gasteiger partial charge is 0.0398 e. The summed E-state index contributed by atoms with van der Waals surface area (Å²) in [4.78, 5) is 1.41. The number of aryl methyl sites for hydroxylation is 2. The third-order valence-corrected chi connectivity index (χ3v) is 5.19. The molecule has 0 bridgehead atoms. The highest BCUT2D eigenvalue weighted by Crippen LogP contribution is 2.42. The number of benzene rings is 1. The molecule has 1 heterocycles. The predicted molar refractivity (Wildman–Crippen MR) is 87.6 cm³/mol. The number of nitrogens with one attached hydrogen (secondary N) is 1. The van der Waals surface area contributed by atoms with Crippen LogP contribution in [0.1, 0.15) is 53.3 Å². The van der Waals surface area contributed by atoms with E-state index in [1.807, 2.05) is 11.3 Å². The third-order valence-electron chi connectivity index (χ3n) is 4.31. The lowest BCUT2D eigenvalue weighted by molar-refractivity contribution is 0.443. The van der Waals surface area contributed by atoms with E-state index in [1.54, 1.807) is 11.1 Å². The summed E-state index contributed by atoms with van der Waals surface area (Å²) in [6, 6.07) is 11.8. The molecule has 1 aromatic carbocycles. The summed E-state index contributed by atoms with van der Waals surface area (Å²) >= 11 is 1.87. The van der Waals surface area contributed by atoms with E-state index >= 15 is 0 Å². The van der Waals surface area contributed by atoms with Crippen molar-refractivity contribution in [1.82, 2.24) is 5.32 Å². The average Bonchev–Trinajstić information content (AvgIpc) is 3.07. The summed E-state index contributed by atoms with van der Waals surface area (Å²) in [5.74, 6) is 0.631. The number of fused-ring (bicyclic) bond motifs is 1. The summed E-state index contributed by atoms with van der Waals surface area (Å²) in [6.45, 7) is 5.54. The molecule has 1 N–H and O–H groups in total. The lowest BCUT2D eigenvalue weighted by Crippen LogP contribution is -2.26. The normalized spacial score (nSPS) is 19.0. The maximum atomic E-state index is 3.79. The first-order valence-electron chi connectivity index (χ1n) is 7.66. The van der Waals surface area contributed by atoms with Crippen LogP contribution in [0.4, 0.5) is 0 Å². The highest BCUT2D eigenvalue weighted by atomic mass is 32.1. The molecule has 2 aromatic rings. The fourth-order valence-corrected chi connectivity index (χ4v) is 4.10. The van der Waals surface area contributed by atoms with Crippen molar-refractivity contribution in [3.63, 3.8) is 0 Å². The second-order valence-corrected chi connectivity index (χ2v) is 6.88. The topological polar surface area (TPSA) is 12.0 Å². The van der Waals surface area contributed by atoms with E-state index in [0.29, 0.717) is 12.0 Å². The highest BCUT2D eigenvalue weighted by Gasteiger charge is 2.30. The lowest BCUT2D eigenvalue weighted by Gasteiger charge is -2.25. The molecule has 1 aliphatic carbocycles. The predicted octanol–water partition coefficient (Wildman–Crippen LogP) is 4.83. The molecule has 2 unspecified atom stereocenters. The molecule has 2 atom stereocenters. The Balaban J connectivity index is 1.90. The van der Waals surface area contributed by atoms with Gasteiger partial charge in [0.15, 0.2) is 0 Å². The van der Waals surface area contributed by atoms with Crippen LogP contribution in [0.25, 0.3) is 0 Å². The van der Waals surface area contributed by atoms with Crippen LogP contribution in [0.5, 0.6) is 0 Å². The van der Waals surface area contributed by atoms with E-state index in [1.165, 1.54) is 29.7 Å². The zero-order valence-corrected chi connectivity index (χ0v) is 13.2. The second-order valence-electron chi connectivity index (χ2n) is 5.77. The molecule has 20 heavy (non-hydrogen) atoms. The molecule has 0 saturated carbocycles. The first kappa shape index (κ1) is 13.8. The van der Waals surface area contributed by atoms with Crippen LogP contribution in [-0.4, -0.2) is 6.54 Å². The molecular formula is C18H23NS. The van der Waals surface area contributed by atoms with Crippen LogP contribution >= 0.6 is 11.3 Å². The van der Waals surface area contributed by atoms with Gasteiger partial charge in [-0.25, -0.2) is 0 Å². The Labute approximate surface area is 126 Å². The van der Waals surface area contributed by atoms with Gasteiger partial charge in [0.1, 0.15) is 0 Å². The Bertz CT molecular complexity index is 572. The van der Waals surface area contributed by atoms with Crippen molar-refractivity contribution in [3.8, 4) is 0 Å². The van der Waals surface area contributed by atoms with Crippen LogP contribution < -0.4 is 5.32 Å². The van der Waals surface area contributed by atoms with E-state index < -0.39 is 0 Å². The average molecular weight is 285 g/mol. The largest absolute Gasteiger partial charge is 0.309 e. The van der Waals surface area contributed by atoms with E-state index in [9.17, 15) is 0 Å². The first-order valence-corrected chi connectivity index (χ1v) is 8.53. The van der Waals surface area contributed by atoms with Gasteiger partial charge in [0.2, 0.25) is 0 Å². The molecule has 2 heteroatoms. The van der Waals surface area contributed by atoms with E-state index in [4.69, 9.17) is 0 Å². The zero-order chi connectivity index (χ0) is 13.9. The van der Waals surface area contributed by atoms with Gasteiger partial charge in [0.05, 0.1) is 0 Å². The molecule has 106 valence electrons. The van der Waals surface area contributed by atoms with Gasteiger partial charge in [0.25, 0.3) is 0 Å². The number of thiophene rings is 1. The summed E-state index contributed by atoms with van der Waals surface area (Å²) < 4.78 is 0. The van der Waals surface area contributed by atoms with Gasteiger partial charge >= 0.3 is 0 Å². The van der Waals surface area contributed by atoms with E-state index in [0.717, 1.165) is 6.54 Å². The van der Waals surface area contributed by atoms with Crippen molar-refractivity contribution >= 4 is 11.3 Å². The van der Waals surface area contributed by atoms with Crippen molar-refractivity contribution < 1.29 is 0 Å². The third kappa shape index (κ3) is 2.68. The minimum Gasteiger partial charge on any atom is -0.309 e. The lowest BCUT2D eigenvalue weighted by atomic mass is 9.89. The maximum Gasteiger partial charge on any atom is 0.0398 e. The highest BCUT2D eigenvalue weighted by molar-refractivity contribution is 7.10. The summed E-state index contributed by atoms with van der Waals surface area (Å²) in [5, 5.41) is 6.13.